The second-order valence-corrected chi connectivity index (χ2v) is 2.85. The number of nitrogens with zero attached hydrogens (tertiary/aromatic N) is 2. The second kappa shape index (κ2) is 5.66. The van der Waals surface area contributed by atoms with Crippen molar-refractivity contribution in [2.45, 2.75) is 6.42 Å². The molecule has 16 heavy (non-hydrogen) atoms. The smallest absolute Gasteiger partial charge is 0.331 e. The Morgan fingerprint density at radius 1 is 1.69 bits per heavy atom. The van der Waals surface area contributed by atoms with Crippen LogP contribution >= 0.6 is 0 Å². The van der Waals surface area contributed by atoms with Gasteiger partial charge < -0.3 is 10.2 Å². The van der Waals surface area contributed by atoms with Gasteiger partial charge in [0, 0.05) is 6.07 Å². The molecule has 0 saturated carbocycles. The molecule has 0 unspecified atom stereocenters. The average Bonchev–Trinajstić information content (AvgIpc) is 2.29. The van der Waals surface area contributed by atoms with Gasteiger partial charge in [-0.05, 0) is 12.5 Å². The lowest BCUT2D eigenvalue weighted by Crippen LogP contribution is -2.10. The van der Waals surface area contributed by atoms with E-state index >= 15 is 0 Å². The van der Waals surface area contributed by atoms with E-state index in [0.717, 1.165) is 0 Å². The van der Waals surface area contributed by atoms with Crippen molar-refractivity contribution in [2.75, 3.05) is 12.0 Å². The molecule has 0 aromatic carbocycles. The third-order valence-corrected chi connectivity index (χ3v) is 1.75. The van der Waals surface area contributed by atoms with Gasteiger partial charge in [0.05, 0.1) is 11.5 Å². The number of ether oxygens (including phenoxy) is 1. The lowest BCUT2D eigenvalue weighted by Gasteiger charge is -2.06. The predicted octanol–water partition coefficient (Wildman–Crippen LogP) is 1.23. The van der Waals surface area contributed by atoms with Gasteiger partial charge in [0.1, 0.15) is 5.82 Å². The molecule has 0 aliphatic carbocycles. The molecule has 86 valence electrons. The molecule has 0 radical (unpaired) electrons. The highest BCUT2D eigenvalue weighted by Crippen LogP contribution is 2.25. The third-order valence-electron chi connectivity index (χ3n) is 1.75. The Hall–Kier alpha value is -2.15. The number of hydrogen-bond donors (Lipinski definition) is 2. The van der Waals surface area contributed by atoms with Crippen LogP contribution in [0, 0.1) is 10.1 Å². The third kappa shape index (κ3) is 2.92. The number of nitrogen functional groups attached to an aromatic ring is 1. The van der Waals surface area contributed by atoms with Crippen molar-refractivity contribution in [3.63, 3.8) is 0 Å². The summed E-state index contributed by atoms with van der Waals surface area (Å²) >= 11 is 0. The van der Waals surface area contributed by atoms with E-state index in [1.165, 1.54) is 12.1 Å². The molecule has 3 N–H and O–H groups in total. The van der Waals surface area contributed by atoms with Gasteiger partial charge in [0.2, 0.25) is 0 Å². The summed E-state index contributed by atoms with van der Waals surface area (Å²) < 4.78 is 5.16. The molecule has 7 heteroatoms. The summed E-state index contributed by atoms with van der Waals surface area (Å²) in [5, 5.41) is 10.7. The maximum absolute atomic E-state index is 10.7. The summed E-state index contributed by atoms with van der Waals surface area (Å²) in [6, 6.07) is 2.68. The van der Waals surface area contributed by atoms with E-state index in [2.05, 4.69) is 17.0 Å². The number of hydrogen-bond acceptors (Lipinski definition) is 6. The first-order valence-corrected chi connectivity index (χ1v) is 4.54. The topological polar surface area (TPSA) is 103 Å². The van der Waals surface area contributed by atoms with E-state index < -0.39 is 4.92 Å². The first-order chi connectivity index (χ1) is 7.69. The summed E-state index contributed by atoms with van der Waals surface area (Å²) in [4.78, 5) is 14.0. The number of nitrogens with one attached hydrogen (secondary N) is 1. The van der Waals surface area contributed by atoms with Gasteiger partial charge >= 0.3 is 5.69 Å². The molecular formula is C9H12N4O3. The number of nitro groups is 1. The Labute approximate surface area is 92.0 Å². The van der Waals surface area contributed by atoms with Crippen molar-refractivity contribution in [3.05, 3.63) is 34.9 Å². The Morgan fingerprint density at radius 3 is 3.00 bits per heavy atom. The van der Waals surface area contributed by atoms with E-state index in [1.807, 2.05) is 0 Å². The SMILES string of the molecule is C=CCCOc1nc(NN)ccc1[N+](=O)[O-]. The van der Waals surface area contributed by atoms with Gasteiger partial charge in [0.25, 0.3) is 5.88 Å². The van der Waals surface area contributed by atoms with E-state index in [0.29, 0.717) is 12.2 Å². The number of rotatable bonds is 6. The minimum Gasteiger partial charge on any atom is -0.472 e. The Morgan fingerprint density at radius 2 is 2.44 bits per heavy atom. The van der Waals surface area contributed by atoms with Gasteiger partial charge in [0.15, 0.2) is 0 Å². The van der Waals surface area contributed by atoms with Crippen molar-refractivity contribution in [3.8, 4) is 5.88 Å². The van der Waals surface area contributed by atoms with Crippen molar-refractivity contribution in [1.29, 1.82) is 0 Å². The number of pyridine rings is 1. The highest BCUT2D eigenvalue weighted by molar-refractivity contribution is 5.48. The lowest BCUT2D eigenvalue weighted by atomic mass is 10.4. The van der Waals surface area contributed by atoms with Crippen LogP contribution in [0.2, 0.25) is 0 Å². The molecule has 1 aromatic rings. The van der Waals surface area contributed by atoms with Gasteiger partial charge in [-0.25, -0.2) is 5.84 Å². The van der Waals surface area contributed by atoms with E-state index in [1.54, 1.807) is 6.08 Å². The maximum Gasteiger partial charge on any atom is 0.331 e. The summed E-state index contributed by atoms with van der Waals surface area (Å²) in [7, 11) is 0. The van der Waals surface area contributed by atoms with Gasteiger partial charge in [-0.1, -0.05) is 6.08 Å². The fraction of sp³-hybridized carbons (Fsp3) is 0.222. The van der Waals surface area contributed by atoms with Crippen LogP contribution in [0.3, 0.4) is 0 Å². The van der Waals surface area contributed by atoms with Gasteiger partial charge in [-0.2, -0.15) is 4.98 Å². The monoisotopic (exact) mass is 224 g/mol. The zero-order chi connectivity index (χ0) is 12.0. The fourth-order valence-electron chi connectivity index (χ4n) is 0.998. The van der Waals surface area contributed by atoms with E-state index in [4.69, 9.17) is 10.6 Å². The van der Waals surface area contributed by atoms with Crippen LogP contribution in [0.4, 0.5) is 11.5 Å². The molecule has 0 aliphatic heterocycles. The summed E-state index contributed by atoms with van der Waals surface area (Å²) in [5.41, 5.74) is 2.10. The molecule has 0 amide bonds. The molecule has 1 heterocycles. The van der Waals surface area contributed by atoms with Gasteiger partial charge in [-0.3, -0.25) is 10.1 Å². The fourth-order valence-corrected chi connectivity index (χ4v) is 0.998. The zero-order valence-electron chi connectivity index (χ0n) is 8.55. The van der Waals surface area contributed by atoms with Gasteiger partial charge in [-0.15, -0.1) is 6.58 Å². The predicted molar refractivity (Wildman–Crippen MR) is 59.0 cm³/mol. The lowest BCUT2D eigenvalue weighted by molar-refractivity contribution is -0.386. The van der Waals surface area contributed by atoms with Crippen LogP contribution in [0.25, 0.3) is 0 Å². The minimum absolute atomic E-state index is 0.0534. The van der Waals surface area contributed by atoms with E-state index in [-0.39, 0.29) is 18.2 Å². The number of anilines is 1. The number of hydrazine groups is 1. The van der Waals surface area contributed by atoms with Crippen LogP contribution in [-0.4, -0.2) is 16.5 Å². The molecular weight excluding hydrogens is 212 g/mol. The first-order valence-electron chi connectivity index (χ1n) is 4.54. The standard InChI is InChI=1S/C9H12N4O3/c1-2-3-6-16-9-7(13(14)15)4-5-8(11-9)12-10/h2,4-5H,1,3,6,10H2,(H,11,12). The Kier molecular flexibility index (Phi) is 4.22. The van der Waals surface area contributed by atoms with Crippen LogP contribution in [-0.2, 0) is 0 Å². The largest absolute Gasteiger partial charge is 0.472 e. The van der Waals surface area contributed by atoms with E-state index in [9.17, 15) is 10.1 Å². The molecule has 1 rings (SSSR count). The van der Waals surface area contributed by atoms with Crippen LogP contribution in [0.1, 0.15) is 6.42 Å². The van der Waals surface area contributed by atoms with Crippen molar-refractivity contribution in [1.82, 2.24) is 4.98 Å². The Bertz CT molecular complexity index is 394. The highest BCUT2D eigenvalue weighted by Gasteiger charge is 2.17. The molecule has 0 spiro atoms. The quantitative estimate of drug-likeness (QED) is 0.247. The molecule has 0 atom stereocenters. The van der Waals surface area contributed by atoms with Crippen molar-refractivity contribution < 1.29 is 9.66 Å². The van der Waals surface area contributed by atoms with Crippen LogP contribution in [0.5, 0.6) is 5.88 Å². The molecule has 0 bridgehead atoms. The molecule has 7 nitrogen and oxygen atoms in total. The molecule has 0 fully saturated rings. The van der Waals surface area contributed by atoms with Crippen molar-refractivity contribution in [2.24, 2.45) is 5.84 Å². The average molecular weight is 224 g/mol. The number of nitrogens with two attached hydrogens (primary N) is 1. The zero-order valence-corrected chi connectivity index (χ0v) is 8.55. The summed E-state index contributed by atoms with van der Waals surface area (Å²) in [6.45, 7) is 3.80. The maximum atomic E-state index is 10.7. The Balaban J connectivity index is 2.91. The van der Waals surface area contributed by atoms with Crippen LogP contribution in [0.15, 0.2) is 24.8 Å². The first kappa shape index (κ1) is 11.9. The summed E-state index contributed by atoms with van der Waals surface area (Å²) in [6.07, 6.45) is 2.23. The molecule has 1 aromatic heterocycles. The summed E-state index contributed by atoms with van der Waals surface area (Å²) in [5.74, 6) is 5.40. The van der Waals surface area contributed by atoms with Crippen molar-refractivity contribution >= 4 is 11.5 Å². The van der Waals surface area contributed by atoms with Crippen LogP contribution < -0.4 is 16.0 Å². The molecule has 0 aliphatic rings. The minimum atomic E-state index is -0.559. The highest BCUT2D eigenvalue weighted by atomic mass is 16.6. The number of aromatic nitrogens is 1. The second-order valence-electron chi connectivity index (χ2n) is 2.85. The normalized spacial score (nSPS) is 9.56. The molecule has 0 saturated heterocycles.